The highest BCUT2D eigenvalue weighted by atomic mass is 16.5. The maximum atomic E-state index is 11.1. The van der Waals surface area contributed by atoms with Crippen LogP contribution in [0.4, 0.5) is 0 Å². The molecule has 3 nitrogen and oxygen atoms in total. The van der Waals surface area contributed by atoms with Crippen LogP contribution >= 0.6 is 0 Å². The van der Waals surface area contributed by atoms with Gasteiger partial charge in [0.2, 0.25) is 5.91 Å². The summed E-state index contributed by atoms with van der Waals surface area (Å²) in [6, 6.07) is 7.65. The Morgan fingerprint density at radius 3 is 2.56 bits per heavy atom. The number of carbonyl (C=O) groups excluding carboxylic acids is 1. The molecule has 1 amide bonds. The van der Waals surface area contributed by atoms with Crippen LogP contribution in [0, 0.1) is 0 Å². The minimum absolute atomic E-state index is 0.0130. The van der Waals surface area contributed by atoms with Crippen molar-refractivity contribution in [3.05, 3.63) is 42.5 Å². The summed E-state index contributed by atoms with van der Waals surface area (Å²) >= 11 is 0. The third-order valence-corrected chi connectivity index (χ3v) is 2.30. The first-order chi connectivity index (χ1) is 7.67. The number of methoxy groups -OCH3 is 1. The molecule has 0 aliphatic rings. The van der Waals surface area contributed by atoms with Crippen molar-refractivity contribution in [2.45, 2.75) is 19.4 Å². The number of rotatable bonds is 5. The van der Waals surface area contributed by atoms with Gasteiger partial charge >= 0.3 is 0 Å². The van der Waals surface area contributed by atoms with Crippen molar-refractivity contribution in [1.82, 2.24) is 5.32 Å². The average Bonchev–Trinajstić information content (AvgIpc) is 2.28. The molecule has 0 saturated heterocycles. The molecule has 1 aromatic rings. The summed E-state index contributed by atoms with van der Waals surface area (Å²) in [5, 5.41) is 2.88. The van der Waals surface area contributed by atoms with Crippen molar-refractivity contribution in [3.63, 3.8) is 0 Å². The first-order valence-electron chi connectivity index (χ1n) is 5.19. The molecule has 1 aromatic carbocycles. The largest absolute Gasteiger partial charge is 0.497 e. The van der Waals surface area contributed by atoms with Gasteiger partial charge in [-0.1, -0.05) is 18.2 Å². The lowest BCUT2D eigenvalue weighted by Crippen LogP contribution is -2.25. The number of ether oxygens (including phenoxy) is 1. The van der Waals surface area contributed by atoms with Gasteiger partial charge in [0.25, 0.3) is 0 Å². The van der Waals surface area contributed by atoms with E-state index in [1.54, 1.807) is 13.2 Å². The molecular weight excluding hydrogens is 202 g/mol. The van der Waals surface area contributed by atoms with Crippen molar-refractivity contribution in [2.24, 2.45) is 0 Å². The summed E-state index contributed by atoms with van der Waals surface area (Å²) < 4.78 is 5.08. The molecule has 0 aliphatic carbocycles. The van der Waals surface area contributed by atoms with Crippen LogP contribution in [0.15, 0.2) is 36.9 Å². The van der Waals surface area contributed by atoms with Crippen LogP contribution < -0.4 is 10.1 Å². The van der Waals surface area contributed by atoms with E-state index in [9.17, 15) is 4.79 Å². The fraction of sp³-hybridized carbons (Fsp3) is 0.308. The van der Waals surface area contributed by atoms with E-state index < -0.39 is 0 Å². The number of hydrogen-bond acceptors (Lipinski definition) is 2. The Labute approximate surface area is 96.1 Å². The van der Waals surface area contributed by atoms with Crippen molar-refractivity contribution < 1.29 is 9.53 Å². The van der Waals surface area contributed by atoms with Gasteiger partial charge < -0.3 is 10.1 Å². The lowest BCUT2D eigenvalue weighted by atomic mass is 10.0. The maximum absolute atomic E-state index is 11.1. The van der Waals surface area contributed by atoms with Gasteiger partial charge in [-0.2, -0.15) is 0 Å². The molecule has 0 spiro atoms. The van der Waals surface area contributed by atoms with Crippen LogP contribution in [0.1, 0.15) is 24.9 Å². The zero-order valence-corrected chi connectivity index (χ0v) is 9.69. The van der Waals surface area contributed by atoms with Crippen molar-refractivity contribution in [2.75, 3.05) is 7.11 Å². The van der Waals surface area contributed by atoms with Gasteiger partial charge in [0, 0.05) is 6.92 Å². The Hall–Kier alpha value is -1.77. The second-order valence-electron chi connectivity index (χ2n) is 3.55. The standard InChI is InChI=1S/C13H17NO2/c1-4-5-13(14-10(2)15)11-6-8-12(16-3)9-7-11/h4,6-9,13H,1,5H2,2-3H3,(H,14,15)/t13-/m1/s1. The smallest absolute Gasteiger partial charge is 0.217 e. The fourth-order valence-corrected chi connectivity index (χ4v) is 1.53. The first kappa shape index (κ1) is 12.3. The van der Waals surface area contributed by atoms with Crippen LogP contribution in [0.5, 0.6) is 5.75 Å². The predicted octanol–water partition coefficient (Wildman–Crippen LogP) is 2.45. The van der Waals surface area contributed by atoms with Crippen molar-refractivity contribution in [3.8, 4) is 5.75 Å². The van der Waals surface area contributed by atoms with E-state index >= 15 is 0 Å². The SMILES string of the molecule is C=CC[C@@H](NC(C)=O)c1ccc(OC)cc1. The van der Waals surface area contributed by atoms with E-state index in [-0.39, 0.29) is 11.9 Å². The molecule has 0 saturated carbocycles. The quantitative estimate of drug-likeness (QED) is 0.772. The molecule has 1 atom stereocenters. The first-order valence-corrected chi connectivity index (χ1v) is 5.19. The number of hydrogen-bond donors (Lipinski definition) is 1. The summed E-state index contributed by atoms with van der Waals surface area (Å²) in [7, 11) is 1.63. The van der Waals surface area contributed by atoms with Crippen LogP contribution in [-0.2, 0) is 4.79 Å². The Bertz CT molecular complexity index is 357. The van der Waals surface area contributed by atoms with Gasteiger partial charge in [-0.25, -0.2) is 0 Å². The molecule has 1 rings (SSSR count). The number of benzene rings is 1. The topological polar surface area (TPSA) is 38.3 Å². The van der Waals surface area contributed by atoms with Gasteiger partial charge in [-0.15, -0.1) is 6.58 Å². The number of amides is 1. The molecule has 0 radical (unpaired) electrons. The minimum atomic E-state index is -0.0392. The van der Waals surface area contributed by atoms with Gasteiger partial charge in [-0.05, 0) is 24.1 Å². The van der Waals surface area contributed by atoms with Crippen LogP contribution in [0.3, 0.4) is 0 Å². The Kier molecular flexibility index (Phi) is 4.58. The van der Waals surface area contributed by atoms with Crippen LogP contribution in [-0.4, -0.2) is 13.0 Å². The van der Waals surface area contributed by atoms with Gasteiger partial charge in [0.05, 0.1) is 13.2 Å². The molecule has 3 heteroatoms. The monoisotopic (exact) mass is 219 g/mol. The molecule has 0 aliphatic heterocycles. The summed E-state index contributed by atoms with van der Waals surface area (Å²) in [5.41, 5.74) is 1.05. The number of nitrogens with one attached hydrogen (secondary N) is 1. The molecule has 86 valence electrons. The molecule has 0 unspecified atom stereocenters. The zero-order valence-electron chi connectivity index (χ0n) is 9.69. The summed E-state index contributed by atoms with van der Waals surface area (Å²) in [6.45, 7) is 5.20. The van der Waals surface area contributed by atoms with Crippen molar-refractivity contribution in [1.29, 1.82) is 0 Å². The van der Waals surface area contributed by atoms with Gasteiger partial charge in [0.15, 0.2) is 0 Å². The molecule has 0 bridgehead atoms. The van der Waals surface area contributed by atoms with Crippen LogP contribution in [0.2, 0.25) is 0 Å². The maximum Gasteiger partial charge on any atom is 0.217 e. The van der Waals surface area contributed by atoms with E-state index in [1.807, 2.05) is 24.3 Å². The predicted molar refractivity (Wildman–Crippen MR) is 64.4 cm³/mol. The lowest BCUT2D eigenvalue weighted by molar-refractivity contribution is -0.119. The van der Waals surface area contributed by atoms with E-state index in [0.717, 1.165) is 11.3 Å². The minimum Gasteiger partial charge on any atom is -0.497 e. The van der Waals surface area contributed by atoms with E-state index in [1.165, 1.54) is 6.92 Å². The zero-order chi connectivity index (χ0) is 12.0. The normalized spacial score (nSPS) is 11.6. The Balaban J connectivity index is 2.82. The van der Waals surface area contributed by atoms with Crippen LogP contribution in [0.25, 0.3) is 0 Å². The van der Waals surface area contributed by atoms with Crippen molar-refractivity contribution >= 4 is 5.91 Å². The van der Waals surface area contributed by atoms with E-state index in [0.29, 0.717) is 6.42 Å². The summed E-state index contributed by atoms with van der Waals surface area (Å²) in [6.07, 6.45) is 2.51. The Morgan fingerprint density at radius 1 is 1.50 bits per heavy atom. The second-order valence-corrected chi connectivity index (χ2v) is 3.55. The van der Waals surface area contributed by atoms with E-state index in [4.69, 9.17) is 4.74 Å². The molecule has 1 N–H and O–H groups in total. The summed E-state index contributed by atoms with van der Waals surface area (Å²) in [5.74, 6) is 0.770. The highest BCUT2D eigenvalue weighted by molar-refractivity contribution is 5.73. The molecular formula is C13H17NO2. The number of carbonyl (C=O) groups is 1. The summed E-state index contributed by atoms with van der Waals surface area (Å²) in [4.78, 5) is 11.1. The molecule has 0 aromatic heterocycles. The fourth-order valence-electron chi connectivity index (χ4n) is 1.53. The molecule has 16 heavy (non-hydrogen) atoms. The molecule has 0 fully saturated rings. The molecule has 0 heterocycles. The Morgan fingerprint density at radius 2 is 2.12 bits per heavy atom. The van der Waals surface area contributed by atoms with E-state index in [2.05, 4.69) is 11.9 Å². The van der Waals surface area contributed by atoms with Gasteiger partial charge in [0.1, 0.15) is 5.75 Å². The lowest BCUT2D eigenvalue weighted by Gasteiger charge is -2.16. The third kappa shape index (κ3) is 3.42. The average molecular weight is 219 g/mol. The highest BCUT2D eigenvalue weighted by Gasteiger charge is 2.10. The second kappa shape index (κ2) is 5.95. The third-order valence-electron chi connectivity index (χ3n) is 2.30. The van der Waals surface area contributed by atoms with Gasteiger partial charge in [-0.3, -0.25) is 4.79 Å². The highest BCUT2D eigenvalue weighted by Crippen LogP contribution is 2.20.